The number of carbonyl (C=O) groups excluding carboxylic acids is 1. The van der Waals surface area contributed by atoms with Gasteiger partial charge in [-0.2, -0.15) is 0 Å². The second kappa shape index (κ2) is 31.6. The highest BCUT2D eigenvalue weighted by molar-refractivity contribution is 5.71. The number of piperidine rings is 1. The maximum Gasteiger partial charge on any atom is 0.332 e. The van der Waals surface area contributed by atoms with E-state index in [2.05, 4.69) is 5.32 Å². The van der Waals surface area contributed by atoms with Crippen LogP contribution in [0.1, 0.15) is 33.6 Å². The SMILES string of the molecule is CC(C)(C)OC(=O)COCCOCCOCCOCCOCCOCCOCCOCCOCCOCCOC1CCNCC1. The van der Waals surface area contributed by atoms with Crippen LogP contribution in [0.25, 0.3) is 0 Å². The highest BCUT2D eigenvalue weighted by Crippen LogP contribution is 2.07. The molecule has 0 spiro atoms. The van der Waals surface area contributed by atoms with Gasteiger partial charge in [0.15, 0.2) is 0 Å². The van der Waals surface area contributed by atoms with Crippen LogP contribution in [0.15, 0.2) is 0 Å². The quantitative estimate of drug-likeness (QED) is 0.0802. The van der Waals surface area contributed by atoms with Crippen LogP contribution in [-0.4, -0.2) is 170 Å². The largest absolute Gasteiger partial charge is 0.458 e. The second-order valence-corrected chi connectivity index (χ2v) is 11.0. The highest BCUT2D eigenvalue weighted by atomic mass is 16.6. The fraction of sp³-hybridized carbons (Fsp3) is 0.968. The van der Waals surface area contributed by atoms with Gasteiger partial charge in [-0.25, -0.2) is 4.79 Å². The molecule has 45 heavy (non-hydrogen) atoms. The summed E-state index contributed by atoms with van der Waals surface area (Å²) in [7, 11) is 0. The summed E-state index contributed by atoms with van der Waals surface area (Å²) in [6, 6.07) is 0. The molecule has 0 radical (unpaired) electrons. The van der Waals surface area contributed by atoms with Crippen LogP contribution in [0.3, 0.4) is 0 Å². The summed E-state index contributed by atoms with van der Waals surface area (Å²) in [6.07, 6.45) is 2.52. The van der Waals surface area contributed by atoms with Gasteiger partial charge in [0.1, 0.15) is 12.2 Å². The van der Waals surface area contributed by atoms with Gasteiger partial charge in [0, 0.05) is 0 Å². The number of esters is 1. The van der Waals surface area contributed by atoms with Crippen LogP contribution in [0.5, 0.6) is 0 Å². The first kappa shape index (κ1) is 42.0. The highest BCUT2D eigenvalue weighted by Gasteiger charge is 2.16. The van der Waals surface area contributed by atoms with Gasteiger partial charge < -0.3 is 62.2 Å². The molecule has 1 fully saturated rings. The first-order valence-electron chi connectivity index (χ1n) is 16.3. The van der Waals surface area contributed by atoms with Gasteiger partial charge in [-0.15, -0.1) is 0 Å². The molecule has 268 valence electrons. The molecule has 1 heterocycles. The Balaban J connectivity index is 1.63. The van der Waals surface area contributed by atoms with Crippen LogP contribution < -0.4 is 5.32 Å². The lowest BCUT2D eigenvalue weighted by atomic mass is 10.1. The smallest absolute Gasteiger partial charge is 0.332 e. The lowest BCUT2D eigenvalue weighted by molar-refractivity contribution is -0.160. The summed E-state index contributed by atoms with van der Waals surface area (Å²) >= 11 is 0. The summed E-state index contributed by atoms with van der Waals surface area (Å²) in [5, 5.41) is 3.33. The third kappa shape index (κ3) is 32.7. The molecule has 0 aromatic rings. The van der Waals surface area contributed by atoms with Gasteiger partial charge in [-0.1, -0.05) is 0 Å². The van der Waals surface area contributed by atoms with Crippen molar-refractivity contribution in [3.8, 4) is 0 Å². The molecule has 1 saturated heterocycles. The molecule has 1 N–H and O–H groups in total. The Kier molecular flexibility index (Phi) is 29.5. The molecule has 0 aromatic heterocycles. The molecule has 0 unspecified atom stereocenters. The molecule has 1 rings (SSSR count). The van der Waals surface area contributed by atoms with Gasteiger partial charge in [-0.05, 0) is 46.7 Å². The summed E-state index contributed by atoms with van der Waals surface area (Å²) in [4.78, 5) is 11.5. The zero-order chi connectivity index (χ0) is 32.5. The molecule has 0 aromatic carbocycles. The van der Waals surface area contributed by atoms with E-state index in [1.807, 2.05) is 20.8 Å². The Morgan fingerprint density at radius 3 is 1.09 bits per heavy atom. The van der Waals surface area contributed by atoms with E-state index < -0.39 is 5.60 Å². The molecule has 0 bridgehead atoms. The summed E-state index contributed by atoms with van der Waals surface area (Å²) in [5.74, 6) is -0.385. The molecular weight excluding hydrogens is 594 g/mol. The van der Waals surface area contributed by atoms with Crippen molar-refractivity contribution in [3.63, 3.8) is 0 Å². The van der Waals surface area contributed by atoms with Crippen molar-refractivity contribution in [1.29, 1.82) is 0 Å². The molecule has 0 atom stereocenters. The topological polar surface area (TPSA) is 140 Å². The Labute approximate surface area is 270 Å². The number of ether oxygens (including phenoxy) is 12. The number of rotatable bonds is 33. The minimum atomic E-state index is -0.509. The molecule has 0 aliphatic carbocycles. The second-order valence-electron chi connectivity index (χ2n) is 11.0. The summed E-state index contributed by atoms with van der Waals surface area (Å²) < 4.78 is 65.4. The first-order valence-corrected chi connectivity index (χ1v) is 16.3. The van der Waals surface area contributed by atoms with Crippen LogP contribution in [0.2, 0.25) is 0 Å². The van der Waals surface area contributed by atoms with Crippen molar-refractivity contribution >= 4 is 5.97 Å². The van der Waals surface area contributed by atoms with E-state index in [1.165, 1.54) is 0 Å². The molecule has 0 amide bonds. The Morgan fingerprint density at radius 2 is 0.778 bits per heavy atom. The molecule has 14 nitrogen and oxygen atoms in total. The van der Waals surface area contributed by atoms with Crippen molar-refractivity contribution in [1.82, 2.24) is 5.32 Å². The van der Waals surface area contributed by atoms with E-state index in [1.54, 1.807) is 0 Å². The minimum Gasteiger partial charge on any atom is -0.458 e. The van der Waals surface area contributed by atoms with Crippen LogP contribution in [0, 0.1) is 0 Å². The van der Waals surface area contributed by atoms with Crippen molar-refractivity contribution in [3.05, 3.63) is 0 Å². The first-order chi connectivity index (χ1) is 22.0. The Hall–Kier alpha value is -1.01. The van der Waals surface area contributed by atoms with Crippen molar-refractivity contribution in [2.24, 2.45) is 0 Å². The average molecular weight is 656 g/mol. The van der Waals surface area contributed by atoms with Crippen molar-refractivity contribution in [2.75, 3.05) is 152 Å². The van der Waals surface area contributed by atoms with Crippen LogP contribution in [-0.2, 0) is 61.6 Å². The van der Waals surface area contributed by atoms with E-state index in [4.69, 9.17) is 56.8 Å². The zero-order valence-electron chi connectivity index (χ0n) is 28.1. The predicted octanol–water partition coefficient (Wildman–Crippen LogP) is 1.26. The van der Waals surface area contributed by atoms with Gasteiger partial charge in [0.05, 0.1) is 138 Å². The standard InChI is InChI=1S/C31H61NO13/c1-31(2,3)45-30(33)28-43-25-24-41-21-20-39-17-16-37-13-12-35-9-8-34-10-11-36-14-15-38-18-19-40-22-23-42-26-27-44-29-4-6-32-7-5-29/h29,32H,4-28H2,1-3H3. The van der Waals surface area contributed by atoms with Gasteiger partial charge >= 0.3 is 5.97 Å². The summed E-state index contributed by atoms with van der Waals surface area (Å²) in [5.41, 5.74) is -0.509. The predicted molar refractivity (Wildman–Crippen MR) is 166 cm³/mol. The lowest BCUT2D eigenvalue weighted by Gasteiger charge is -2.22. The number of nitrogens with one attached hydrogen (secondary N) is 1. The third-order valence-electron chi connectivity index (χ3n) is 5.86. The van der Waals surface area contributed by atoms with Crippen LogP contribution >= 0.6 is 0 Å². The van der Waals surface area contributed by atoms with E-state index >= 15 is 0 Å². The summed E-state index contributed by atoms with van der Waals surface area (Å²) in [6.45, 7) is 17.4. The van der Waals surface area contributed by atoms with E-state index in [9.17, 15) is 4.79 Å². The maximum atomic E-state index is 11.5. The molecule has 1 aliphatic heterocycles. The van der Waals surface area contributed by atoms with Gasteiger partial charge in [0.25, 0.3) is 0 Å². The number of hydrogen-bond acceptors (Lipinski definition) is 14. The number of carbonyl (C=O) groups is 1. The molecule has 14 heteroatoms. The van der Waals surface area contributed by atoms with E-state index in [-0.39, 0.29) is 12.6 Å². The third-order valence-corrected chi connectivity index (χ3v) is 5.86. The average Bonchev–Trinajstić information content (AvgIpc) is 3.01. The van der Waals surface area contributed by atoms with E-state index in [0.717, 1.165) is 25.9 Å². The Morgan fingerprint density at radius 1 is 0.489 bits per heavy atom. The monoisotopic (exact) mass is 655 g/mol. The minimum absolute atomic E-state index is 0.0810. The number of hydrogen-bond donors (Lipinski definition) is 1. The van der Waals surface area contributed by atoms with Crippen molar-refractivity contribution < 1.29 is 61.6 Å². The zero-order valence-corrected chi connectivity index (χ0v) is 28.1. The molecular formula is C31H61NO13. The van der Waals surface area contributed by atoms with Crippen LogP contribution in [0.4, 0.5) is 0 Å². The van der Waals surface area contributed by atoms with Gasteiger partial charge in [-0.3, -0.25) is 0 Å². The van der Waals surface area contributed by atoms with Gasteiger partial charge in [0.2, 0.25) is 0 Å². The Bertz CT molecular complexity index is 633. The van der Waals surface area contributed by atoms with E-state index in [0.29, 0.717) is 138 Å². The molecule has 1 aliphatic rings. The van der Waals surface area contributed by atoms with Crippen molar-refractivity contribution in [2.45, 2.75) is 45.3 Å². The lowest BCUT2D eigenvalue weighted by Crippen LogP contribution is -2.33. The fourth-order valence-electron chi connectivity index (χ4n) is 3.74. The normalized spacial score (nSPS) is 14.3. The molecule has 0 saturated carbocycles. The fourth-order valence-corrected chi connectivity index (χ4v) is 3.74. The maximum absolute atomic E-state index is 11.5.